The number of rotatable bonds is 4. The third-order valence-electron chi connectivity index (χ3n) is 5.56. The van der Waals surface area contributed by atoms with Crippen LogP contribution in [0.5, 0.6) is 0 Å². The van der Waals surface area contributed by atoms with Gasteiger partial charge in [0.25, 0.3) is 0 Å². The lowest BCUT2D eigenvalue weighted by atomic mass is 9.98. The second-order valence-electron chi connectivity index (χ2n) is 7.68. The standard InChI is InChI=1S/C28H20INS/c1-19-2-4-22(5-3-19)28-15-12-25(18-30-28)24-9-7-21-6-8-23(16-26(21)17-24)20-10-13-27(31-29)14-11-20/h2-18H,1H3. The number of fused-ring (bicyclic) bond motifs is 1. The van der Waals surface area contributed by atoms with E-state index in [-0.39, 0.29) is 0 Å². The highest BCUT2D eigenvalue weighted by atomic mass is 127. The molecule has 1 aromatic heterocycles. The van der Waals surface area contributed by atoms with Crippen LogP contribution in [0.15, 0.2) is 108 Å². The first-order valence-electron chi connectivity index (χ1n) is 10.2. The molecule has 150 valence electrons. The number of aryl methyl sites for hydroxylation is 1. The topological polar surface area (TPSA) is 12.9 Å². The van der Waals surface area contributed by atoms with E-state index < -0.39 is 0 Å². The van der Waals surface area contributed by atoms with E-state index in [2.05, 4.69) is 125 Å². The number of benzene rings is 4. The van der Waals surface area contributed by atoms with Crippen LogP contribution in [-0.2, 0) is 0 Å². The number of hydrogen-bond acceptors (Lipinski definition) is 2. The van der Waals surface area contributed by atoms with Gasteiger partial charge in [-0.25, -0.2) is 0 Å². The minimum atomic E-state index is 1.000. The Hall–Kier alpha value is -2.63. The average Bonchev–Trinajstić information content (AvgIpc) is 2.84. The molecule has 0 aliphatic rings. The molecule has 0 aliphatic heterocycles. The van der Waals surface area contributed by atoms with Gasteiger partial charge >= 0.3 is 0 Å². The fourth-order valence-corrected chi connectivity index (χ4v) is 4.88. The summed E-state index contributed by atoms with van der Waals surface area (Å²) in [6.07, 6.45) is 1.97. The normalized spacial score (nSPS) is 11.0. The number of aromatic nitrogens is 1. The fourth-order valence-electron chi connectivity index (χ4n) is 3.76. The monoisotopic (exact) mass is 529 g/mol. The Morgan fingerprint density at radius 3 is 1.77 bits per heavy atom. The fraction of sp³-hybridized carbons (Fsp3) is 0.0357. The molecule has 0 saturated carbocycles. The molecule has 4 aromatic carbocycles. The molecular weight excluding hydrogens is 509 g/mol. The molecule has 3 heteroatoms. The van der Waals surface area contributed by atoms with Gasteiger partial charge < -0.3 is 0 Å². The van der Waals surface area contributed by atoms with Gasteiger partial charge in [0.2, 0.25) is 0 Å². The van der Waals surface area contributed by atoms with E-state index >= 15 is 0 Å². The van der Waals surface area contributed by atoms with Gasteiger partial charge in [-0.05, 0) is 64.7 Å². The highest BCUT2D eigenvalue weighted by Crippen LogP contribution is 2.31. The Kier molecular flexibility index (Phi) is 5.79. The molecule has 5 aromatic rings. The summed E-state index contributed by atoms with van der Waals surface area (Å²) in [7, 11) is 1.74. The van der Waals surface area contributed by atoms with Crippen molar-refractivity contribution in [2.45, 2.75) is 11.8 Å². The highest BCUT2D eigenvalue weighted by molar-refractivity contribution is 14.2. The molecule has 0 amide bonds. The van der Waals surface area contributed by atoms with Crippen LogP contribution in [0.3, 0.4) is 0 Å². The molecule has 0 spiro atoms. The lowest BCUT2D eigenvalue weighted by Crippen LogP contribution is -1.86. The number of halogens is 1. The third-order valence-corrected chi connectivity index (χ3v) is 7.54. The first kappa shape index (κ1) is 20.3. The minimum Gasteiger partial charge on any atom is -0.256 e. The summed E-state index contributed by atoms with van der Waals surface area (Å²) < 4.78 is 0. The maximum absolute atomic E-state index is 4.71. The maximum Gasteiger partial charge on any atom is 0.0702 e. The van der Waals surface area contributed by atoms with Crippen molar-refractivity contribution in [3.05, 3.63) is 109 Å². The van der Waals surface area contributed by atoms with Crippen LogP contribution in [0, 0.1) is 6.92 Å². The van der Waals surface area contributed by atoms with Gasteiger partial charge in [-0.3, -0.25) is 4.98 Å². The minimum absolute atomic E-state index is 1.000. The second kappa shape index (κ2) is 8.85. The quantitative estimate of drug-likeness (QED) is 0.216. The van der Waals surface area contributed by atoms with E-state index in [0.717, 1.165) is 16.8 Å². The maximum atomic E-state index is 4.71. The summed E-state index contributed by atoms with van der Waals surface area (Å²) in [6.45, 7) is 2.10. The molecule has 1 nitrogen and oxygen atoms in total. The van der Waals surface area contributed by atoms with E-state index in [0.29, 0.717) is 0 Å². The van der Waals surface area contributed by atoms with Crippen LogP contribution in [0.2, 0.25) is 0 Å². The smallest absolute Gasteiger partial charge is 0.0702 e. The Morgan fingerprint density at radius 2 is 1.16 bits per heavy atom. The van der Waals surface area contributed by atoms with Gasteiger partial charge in [-0.2, -0.15) is 0 Å². The summed E-state index contributed by atoms with van der Waals surface area (Å²) in [4.78, 5) is 5.99. The van der Waals surface area contributed by atoms with Crippen molar-refractivity contribution in [3.63, 3.8) is 0 Å². The molecule has 0 unspecified atom stereocenters. The van der Waals surface area contributed by atoms with Gasteiger partial charge in [-0.1, -0.05) is 81.2 Å². The zero-order chi connectivity index (χ0) is 21.2. The Morgan fingerprint density at radius 1 is 0.581 bits per heavy atom. The van der Waals surface area contributed by atoms with Crippen molar-refractivity contribution in [2.75, 3.05) is 0 Å². The van der Waals surface area contributed by atoms with Crippen molar-refractivity contribution < 1.29 is 0 Å². The van der Waals surface area contributed by atoms with Gasteiger partial charge in [0, 0.05) is 43.4 Å². The van der Waals surface area contributed by atoms with Crippen LogP contribution in [0.1, 0.15) is 5.56 Å². The average molecular weight is 529 g/mol. The van der Waals surface area contributed by atoms with Crippen molar-refractivity contribution in [1.82, 2.24) is 4.98 Å². The van der Waals surface area contributed by atoms with Gasteiger partial charge in [0.1, 0.15) is 0 Å². The van der Waals surface area contributed by atoms with Crippen LogP contribution in [-0.4, -0.2) is 4.98 Å². The van der Waals surface area contributed by atoms with Crippen molar-refractivity contribution in [2.24, 2.45) is 0 Å². The number of pyridine rings is 1. The third kappa shape index (κ3) is 4.39. The van der Waals surface area contributed by atoms with Gasteiger partial charge in [0.15, 0.2) is 0 Å². The Bertz CT molecular complexity index is 1340. The molecule has 0 saturated heterocycles. The van der Waals surface area contributed by atoms with E-state index in [1.54, 1.807) is 8.93 Å². The molecular formula is C28H20INS. The lowest BCUT2D eigenvalue weighted by molar-refractivity contribution is 1.32. The molecule has 31 heavy (non-hydrogen) atoms. The summed E-state index contributed by atoms with van der Waals surface area (Å²) in [5, 5.41) is 2.49. The zero-order valence-corrected chi connectivity index (χ0v) is 20.0. The number of nitrogens with zero attached hydrogens (tertiary/aromatic N) is 1. The summed E-state index contributed by atoms with van der Waals surface area (Å²) in [5.74, 6) is 0. The molecule has 0 aliphatic carbocycles. The van der Waals surface area contributed by atoms with Crippen LogP contribution >= 0.6 is 30.1 Å². The molecule has 1 heterocycles. The molecule has 0 N–H and O–H groups in total. The molecule has 0 fully saturated rings. The Balaban J connectivity index is 1.47. The SMILES string of the molecule is Cc1ccc(-c2ccc(-c3ccc4ccc(-c5ccc(SI)cc5)cc4c3)cn2)cc1. The van der Waals surface area contributed by atoms with Gasteiger partial charge in [-0.15, -0.1) is 0 Å². The Labute approximate surface area is 199 Å². The first-order chi connectivity index (χ1) is 15.2. The molecule has 5 rings (SSSR count). The van der Waals surface area contributed by atoms with E-state index in [4.69, 9.17) is 4.98 Å². The highest BCUT2D eigenvalue weighted by Gasteiger charge is 2.05. The van der Waals surface area contributed by atoms with Crippen LogP contribution < -0.4 is 0 Å². The molecule has 0 atom stereocenters. The largest absolute Gasteiger partial charge is 0.256 e. The van der Waals surface area contributed by atoms with Gasteiger partial charge in [0.05, 0.1) is 5.69 Å². The number of hydrogen-bond donors (Lipinski definition) is 0. The summed E-state index contributed by atoms with van der Waals surface area (Å²) in [6, 6.07) is 34.8. The van der Waals surface area contributed by atoms with Crippen molar-refractivity contribution >= 4 is 40.9 Å². The lowest BCUT2D eigenvalue weighted by Gasteiger charge is -2.08. The predicted octanol–water partition coefficient (Wildman–Crippen LogP) is 8.99. The van der Waals surface area contributed by atoms with Crippen molar-refractivity contribution in [3.8, 4) is 33.5 Å². The summed E-state index contributed by atoms with van der Waals surface area (Å²) in [5.41, 5.74) is 8.20. The second-order valence-corrected chi connectivity index (χ2v) is 9.62. The van der Waals surface area contributed by atoms with E-state index in [1.165, 1.54) is 37.9 Å². The van der Waals surface area contributed by atoms with Crippen LogP contribution in [0.25, 0.3) is 44.3 Å². The van der Waals surface area contributed by atoms with E-state index in [1.807, 2.05) is 6.20 Å². The zero-order valence-electron chi connectivity index (χ0n) is 17.0. The predicted molar refractivity (Wildman–Crippen MR) is 143 cm³/mol. The first-order valence-corrected chi connectivity index (χ1v) is 13.5. The summed E-state index contributed by atoms with van der Waals surface area (Å²) >= 11 is 2.32. The van der Waals surface area contributed by atoms with Crippen molar-refractivity contribution in [1.29, 1.82) is 0 Å². The molecule has 0 radical (unpaired) electrons. The molecule has 0 bridgehead atoms. The van der Waals surface area contributed by atoms with E-state index in [9.17, 15) is 0 Å². The van der Waals surface area contributed by atoms with Crippen LogP contribution in [0.4, 0.5) is 0 Å².